The number of ether oxygens (including phenoxy) is 5. The van der Waals surface area contributed by atoms with E-state index in [4.69, 9.17) is 30.4 Å². The summed E-state index contributed by atoms with van der Waals surface area (Å²) in [5.74, 6) is -2.14. The normalized spacial score (nSPS) is 19.1. The van der Waals surface area contributed by atoms with Crippen molar-refractivity contribution in [2.24, 2.45) is 23.3 Å². The number of carbonyl (C=O) groups excluding carboxylic acids is 4. The number of hydrogen-bond acceptors (Lipinski definition) is 11. The van der Waals surface area contributed by atoms with Crippen LogP contribution in [0.1, 0.15) is 40.5 Å². The lowest BCUT2D eigenvalue weighted by molar-refractivity contribution is -0.136. The van der Waals surface area contributed by atoms with Gasteiger partial charge in [0.15, 0.2) is 11.9 Å². The molecule has 1 aliphatic rings. The SMILES string of the molecule is COC(=O)/C(C)=C/C=C/C(OC)C(OC(N)=O)/C(C)=C/C(C)C(O)C(CC(C)CC1=C(OC)C(=O)C=C(N)C1=O)OC. The Morgan fingerprint density at radius 3 is 2.24 bits per heavy atom. The quantitative estimate of drug-likeness (QED) is 0.0785. The molecule has 0 aromatic heterocycles. The van der Waals surface area contributed by atoms with Crippen LogP contribution in [0.15, 0.2) is 58.6 Å². The number of primary amides is 1. The van der Waals surface area contributed by atoms with Crippen LogP contribution in [-0.2, 0) is 38.1 Å². The number of nitrogens with two attached hydrogens (primary N) is 2. The van der Waals surface area contributed by atoms with Gasteiger partial charge in [-0.15, -0.1) is 0 Å². The standard InChI is InChI=1S/C30H44N2O10/c1-16(12-20-26(35)21(31)15-22(33)28(20)40-7)13-24(39-6)25(34)18(3)14-19(4)27(42-30(32)37)23(38-5)11-9-10-17(2)29(36)41-8/h9-11,14-16,18,23-25,27,34H,12-13,31H2,1-8H3,(H2,32,37)/b11-9+,17-10+,19-14+. The Hall–Kier alpha value is -3.74. The van der Waals surface area contributed by atoms with E-state index in [2.05, 4.69) is 4.74 Å². The summed E-state index contributed by atoms with van der Waals surface area (Å²) in [6, 6.07) is 0. The molecule has 1 rings (SSSR count). The number of carbonyl (C=O) groups is 4. The number of methoxy groups -OCH3 is 4. The molecule has 1 amide bonds. The van der Waals surface area contributed by atoms with E-state index < -0.39 is 54.0 Å². The molecule has 42 heavy (non-hydrogen) atoms. The maximum Gasteiger partial charge on any atom is 0.405 e. The fourth-order valence-corrected chi connectivity index (χ4v) is 4.64. The number of amides is 1. The van der Waals surface area contributed by atoms with Crippen molar-refractivity contribution in [2.75, 3.05) is 28.4 Å². The van der Waals surface area contributed by atoms with Gasteiger partial charge in [0.25, 0.3) is 0 Å². The molecule has 0 radical (unpaired) electrons. The van der Waals surface area contributed by atoms with Crippen LogP contribution in [0.4, 0.5) is 4.79 Å². The summed E-state index contributed by atoms with van der Waals surface area (Å²) in [4.78, 5) is 48.1. The molecule has 0 aromatic rings. The second-order valence-corrected chi connectivity index (χ2v) is 10.2. The van der Waals surface area contributed by atoms with Crippen molar-refractivity contribution in [3.8, 4) is 0 Å². The van der Waals surface area contributed by atoms with Gasteiger partial charge in [-0.25, -0.2) is 9.59 Å². The number of aliphatic hydroxyl groups excluding tert-OH is 1. The van der Waals surface area contributed by atoms with E-state index in [0.717, 1.165) is 6.08 Å². The molecule has 0 aromatic carbocycles. The third kappa shape index (κ3) is 10.3. The van der Waals surface area contributed by atoms with Gasteiger partial charge in [-0.2, -0.15) is 0 Å². The maximum absolute atomic E-state index is 12.6. The number of ketones is 2. The highest BCUT2D eigenvalue weighted by Crippen LogP contribution is 2.28. The van der Waals surface area contributed by atoms with Crippen molar-refractivity contribution in [1.29, 1.82) is 0 Å². The Bertz CT molecular complexity index is 1150. The monoisotopic (exact) mass is 592 g/mol. The lowest BCUT2D eigenvalue weighted by Gasteiger charge is -2.29. The van der Waals surface area contributed by atoms with Gasteiger partial charge in [0, 0.05) is 37.4 Å². The Labute approximate surface area is 247 Å². The first-order valence-electron chi connectivity index (χ1n) is 13.4. The van der Waals surface area contributed by atoms with Crippen molar-refractivity contribution < 1.29 is 48.0 Å². The molecule has 12 nitrogen and oxygen atoms in total. The predicted octanol–water partition coefficient (Wildman–Crippen LogP) is 2.41. The van der Waals surface area contributed by atoms with Gasteiger partial charge in [0.2, 0.25) is 11.6 Å². The highest BCUT2D eigenvalue weighted by Gasteiger charge is 2.32. The molecule has 234 valence electrons. The summed E-state index contributed by atoms with van der Waals surface area (Å²) >= 11 is 0. The van der Waals surface area contributed by atoms with Gasteiger partial charge in [-0.1, -0.05) is 38.2 Å². The third-order valence-corrected chi connectivity index (χ3v) is 6.88. The van der Waals surface area contributed by atoms with E-state index in [1.54, 1.807) is 39.0 Å². The molecule has 1 aliphatic carbocycles. The van der Waals surface area contributed by atoms with Crippen molar-refractivity contribution in [3.63, 3.8) is 0 Å². The minimum atomic E-state index is -1.02. The van der Waals surface area contributed by atoms with E-state index >= 15 is 0 Å². The van der Waals surface area contributed by atoms with Crippen LogP contribution in [-0.4, -0.2) is 81.6 Å². The molecule has 12 heteroatoms. The molecule has 0 heterocycles. The minimum absolute atomic E-state index is 0.0410. The summed E-state index contributed by atoms with van der Waals surface area (Å²) in [5.41, 5.74) is 12.0. The second kappa shape index (κ2) is 17.3. The van der Waals surface area contributed by atoms with Gasteiger partial charge in [0.1, 0.15) is 6.10 Å². The molecule has 0 saturated heterocycles. The van der Waals surface area contributed by atoms with Gasteiger partial charge < -0.3 is 40.3 Å². The lowest BCUT2D eigenvalue weighted by atomic mass is 9.85. The van der Waals surface area contributed by atoms with E-state index in [0.29, 0.717) is 17.6 Å². The fraction of sp³-hybridized carbons (Fsp3) is 0.533. The smallest absolute Gasteiger partial charge is 0.405 e. The maximum atomic E-state index is 12.6. The average Bonchev–Trinajstić information content (AvgIpc) is 2.94. The Morgan fingerprint density at radius 2 is 1.71 bits per heavy atom. The molecule has 0 bridgehead atoms. The summed E-state index contributed by atoms with van der Waals surface area (Å²) in [6.07, 6.45) is 3.66. The number of Topliss-reactive ketones (excluding diaryl/α,β-unsaturated/α-hetero) is 1. The highest BCUT2D eigenvalue weighted by molar-refractivity contribution is 6.21. The minimum Gasteiger partial charge on any atom is -0.492 e. The van der Waals surface area contributed by atoms with Gasteiger partial charge in [0.05, 0.1) is 32.1 Å². The summed E-state index contributed by atoms with van der Waals surface area (Å²) in [7, 11) is 5.49. The molecule has 6 atom stereocenters. The fourth-order valence-electron chi connectivity index (χ4n) is 4.64. The molecule has 0 spiro atoms. The number of allylic oxidation sites excluding steroid dienone is 4. The topological polar surface area (TPSA) is 187 Å². The van der Waals surface area contributed by atoms with E-state index in [1.165, 1.54) is 34.5 Å². The van der Waals surface area contributed by atoms with Crippen molar-refractivity contribution in [3.05, 3.63) is 58.6 Å². The molecular formula is C30H44N2O10. The molecule has 0 fully saturated rings. The van der Waals surface area contributed by atoms with E-state index in [-0.39, 0.29) is 29.4 Å². The van der Waals surface area contributed by atoms with Crippen LogP contribution in [0, 0.1) is 11.8 Å². The zero-order valence-corrected chi connectivity index (χ0v) is 25.5. The first kappa shape index (κ1) is 36.3. The predicted molar refractivity (Wildman–Crippen MR) is 155 cm³/mol. The Kier molecular flexibility index (Phi) is 14.9. The average molecular weight is 593 g/mol. The van der Waals surface area contributed by atoms with Crippen molar-refractivity contribution in [2.45, 2.75) is 65.0 Å². The Balaban J connectivity index is 3.12. The molecular weight excluding hydrogens is 548 g/mol. The number of rotatable bonds is 16. The highest BCUT2D eigenvalue weighted by atomic mass is 16.6. The van der Waals surface area contributed by atoms with Gasteiger partial charge in [-0.3, -0.25) is 9.59 Å². The van der Waals surface area contributed by atoms with Crippen LogP contribution in [0.3, 0.4) is 0 Å². The van der Waals surface area contributed by atoms with E-state index in [9.17, 15) is 24.3 Å². The van der Waals surface area contributed by atoms with Gasteiger partial charge in [-0.05, 0) is 38.2 Å². The molecule has 0 saturated carbocycles. The van der Waals surface area contributed by atoms with Crippen LogP contribution in [0.25, 0.3) is 0 Å². The number of esters is 1. The molecule has 5 N–H and O–H groups in total. The van der Waals surface area contributed by atoms with Gasteiger partial charge >= 0.3 is 12.1 Å². The summed E-state index contributed by atoms with van der Waals surface area (Å²) in [6.45, 7) is 6.93. The first-order chi connectivity index (χ1) is 19.7. The van der Waals surface area contributed by atoms with E-state index in [1.807, 2.05) is 6.92 Å². The largest absolute Gasteiger partial charge is 0.492 e. The zero-order valence-electron chi connectivity index (χ0n) is 25.5. The number of hydrogen-bond donors (Lipinski definition) is 3. The summed E-state index contributed by atoms with van der Waals surface area (Å²) < 4.78 is 26.3. The Morgan fingerprint density at radius 1 is 1.07 bits per heavy atom. The van der Waals surface area contributed by atoms with Crippen LogP contribution < -0.4 is 11.5 Å². The van der Waals surface area contributed by atoms with Crippen LogP contribution in [0.5, 0.6) is 0 Å². The van der Waals surface area contributed by atoms with Crippen LogP contribution >= 0.6 is 0 Å². The van der Waals surface area contributed by atoms with Crippen LogP contribution in [0.2, 0.25) is 0 Å². The summed E-state index contributed by atoms with van der Waals surface area (Å²) in [5, 5.41) is 11.2. The second-order valence-electron chi connectivity index (χ2n) is 10.2. The first-order valence-corrected chi connectivity index (χ1v) is 13.4. The van der Waals surface area contributed by atoms with Crippen molar-refractivity contribution in [1.82, 2.24) is 0 Å². The third-order valence-electron chi connectivity index (χ3n) is 6.88. The molecule has 0 aliphatic heterocycles. The molecule has 6 unspecified atom stereocenters. The van der Waals surface area contributed by atoms with Crippen molar-refractivity contribution >= 4 is 23.6 Å². The lowest BCUT2D eigenvalue weighted by Crippen LogP contribution is -2.37. The zero-order chi connectivity index (χ0) is 32.1. The number of aliphatic hydroxyl groups is 1.